The van der Waals surface area contributed by atoms with E-state index >= 15 is 0 Å². The van der Waals surface area contributed by atoms with Crippen LogP contribution in [0.2, 0.25) is 0 Å². The highest BCUT2D eigenvalue weighted by Crippen LogP contribution is 2.22. The summed E-state index contributed by atoms with van der Waals surface area (Å²) < 4.78 is 7.48. The van der Waals surface area contributed by atoms with Crippen molar-refractivity contribution in [3.63, 3.8) is 0 Å². The molecule has 0 saturated carbocycles. The SMILES string of the molecule is CC(=O)c1ccc(-c2ccc(C(=O)NCCc3ccc(-n4cccn4)cc3)o2)cc1. The van der Waals surface area contributed by atoms with Gasteiger partial charge in [-0.2, -0.15) is 5.10 Å². The van der Waals surface area contributed by atoms with E-state index in [0.29, 0.717) is 24.3 Å². The molecule has 1 amide bonds. The van der Waals surface area contributed by atoms with Crippen molar-refractivity contribution in [1.82, 2.24) is 15.1 Å². The van der Waals surface area contributed by atoms with Crippen LogP contribution in [0.25, 0.3) is 17.0 Å². The number of nitrogens with zero attached hydrogens (tertiary/aromatic N) is 2. The molecule has 1 N–H and O–H groups in total. The molecule has 0 spiro atoms. The summed E-state index contributed by atoms with van der Waals surface area (Å²) in [6.45, 7) is 2.03. The van der Waals surface area contributed by atoms with Crippen molar-refractivity contribution in [3.8, 4) is 17.0 Å². The highest BCUT2D eigenvalue weighted by Gasteiger charge is 2.12. The van der Waals surface area contributed by atoms with Crippen LogP contribution in [-0.2, 0) is 6.42 Å². The summed E-state index contributed by atoms with van der Waals surface area (Å²) in [5.74, 6) is 0.603. The van der Waals surface area contributed by atoms with Crippen LogP contribution in [0.5, 0.6) is 0 Å². The fourth-order valence-electron chi connectivity index (χ4n) is 3.13. The van der Waals surface area contributed by atoms with E-state index in [-0.39, 0.29) is 17.5 Å². The molecule has 0 aliphatic heterocycles. The Kier molecular flexibility index (Phi) is 5.57. The molecule has 150 valence electrons. The van der Waals surface area contributed by atoms with Crippen molar-refractivity contribution >= 4 is 11.7 Å². The number of hydrogen-bond donors (Lipinski definition) is 1. The highest BCUT2D eigenvalue weighted by atomic mass is 16.3. The average Bonchev–Trinajstić information content (AvgIpc) is 3.47. The molecule has 4 rings (SSSR count). The lowest BCUT2D eigenvalue weighted by atomic mass is 10.1. The number of nitrogens with one attached hydrogen (secondary N) is 1. The predicted octanol–water partition coefficient (Wildman–Crippen LogP) is 4.31. The Morgan fingerprint density at radius 3 is 2.43 bits per heavy atom. The number of furan rings is 1. The quantitative estimate of drug-likeness (QED) is 0.470. The van der Waals surface area contributed by atoms with E-state index in [2.05, 4.69) is 10.4 Å². The van der Waals surface area contributed by atoms with Gasteiger partial charge in [-0.1, -0.05) is 36.4 Å². The number of Topliss-reactive ketones (excluding diaryl/α,β-unsaturated/α-hetero) is 1. The lowest BCUT2D eigenvalue weighted by Gasteiger charge is -2.06. The van der Waals surface area contributed by atoms with Crippen molar-refractivity contribution in [2.75, 3.05) is 6.54 Å². The number of carbonyl (C=O) groups excluding carboxylic acids is 2. The van der Waals surface area contributed by atoms with Gasteiger partial charge in [-0.25, -0.2) is 4.68 Å². The Labute approximate surface area is 174 Å². The summed E-state index contributed by atoms with van der Waals surface area (Å²) in [5, 5.41) is 7.09. The molecule has 30 heavy (non-hydrogen) atoms. The second-order valence-electron chi connectivity index (χ2n) is 6.92. The van der Waals surface area contributed by atoms with E-state index in [0.717, 1.165) is 16.8 Å². The lowest BCUT2D eigenvalue weighted by Crippen LogP contribution is -2.25. The minimum Gasteiger partial charge on any atom is -0.451 e. The van der Waals surface area contributed by atoms with E-state index in [1.165, 1.54) is 6.92 Å². The van der Waals surface area contributed by atoms with Gasteiger partial charge in [0.1, 0.15) is 5.76 Å². The maximum atomic E-state index is 12.4. The number of hydrogen-bond acceptors (Lipinski definition) is 4. The normalized spacial score (nSPS) is 10.7. The van der Waals surface area contributed by atoms with Crippen LogP contribution >= 0.6 is 0 Å². The Hall–Kier alpha value is -3.93. The highest BCUT2D eigenvalue weighted by molar-refractivity contribution is 5.94. The second-order valence-corrected chi connectivity index (χ2v) is 6.92. The Bertz CT molecular complexity index is 1140. The largest absolute Gasteiger partial charge is 0.451 e. The summed E-state index contributed by atoms with van der Waals surface area (Å²) in [6, 6.07) is 20.5. The summed E-state index contributed by atoms with van der Waals surface area (Å²) >= 11 is 0. The Balaban J connectivity index is 1.32. The summed E-state index contributed by atoms with van der Waals surface area (Å²) in [7, 11) is 0. The van der Waals surface area contributed by atoms with Gasteiger partial charge >= 0.3 is 0 Å². The van der Waals surface area contributed by atoms with E-state index in [9.17, 15) is 9.59 Å². The zero-order valence-corrected chi connectivity index (χ0v) is 16.5. The summed E-state index contributed by atoms with van der Waals surface area (Å²) in [6.07, 6.45) is 4.35. The van der Waals surface area contributed by atoms with E-state index < -0.39 is 0 Å². The lowest BCUT2D eigenvalue weighted by molar-refractivity contribution is 0.0926. The molecule has 4 aromatic rings. The molecule has 2 heterocycles. The number of aromatic nitrogens is 2. The second kappa shape index (κ2) is 8.61. The topological polar surface area (TPSA) is 77.1 Å². The van der Waals surface area contributed by atoms with Gasteiger partial charge in [0.15, 0.2) is 11.5 Å². The van der Waals surface area contributed by atoms with Crippen LogP contribution in [-0.4, -0.2) is 28.0 Å². The van der Waals surface area contributed by atoms with Gasteiger partial charge in [-0.15, -0.1) is 0 Å². The number of rotatable bonds is 7. The van der Waals surface area contributed by atoms with Crippen LogP contribution in [0, 0.1) is 0 Å². The van der Waals surface area contributed by atoms with Gasteiger partial charge in [0.05, 0.1) is 5.69 Å². The average molecular weight is 399 g/mol. The van der Waals surface area contributed by atoms with Crippen LogP contribution in [0.15, 0.2) is 83.5 Å². The number of benzene rings is 2. The molecule has 2 aromatic carbocycles. The molecular weight excluding hydrogens is 378 g/mol. The van der Waals surface area contributed by atoms with Crippen molar-refractivity contribution in [2.45, 2.75) is 13.3 Å². The minimum absolute atomic E-state index is 0.0112. The first-order valence-corrected chi connectivity index (χ1v) is 9.68. The molecular formula is C24H21N3O3. The van der Waals surface area contributed by atoms with Gasteiger partial charge in [-0.3, -0.25) is 9.59 Å². The molecule has 0 aliphatic rings. The molecule has 2 aromatic heterocycles. The standard InChI is InChI=1S/C24H21N3O3/c1-17(28)19-5-7-20(8-6-19)22-11-12-23(30-22)24(29)25-15-13-18-3-9-21(10-4-18)27-16-2-14-26-27/h2-12,14,16H,13,15H2,1H3,(H,25,29). The molecule has 0 saturated heterocycles. The molecule has 0 radical (unpaired) electrons. The summed E-state index contributed by atoms with van der Waals surface area (Å²) in [4.78, 5) is 23.8. The van der Waals surface area contributed by atoms with Crippen LogP contribution in [0.3, 0.4) is 0 Å². The predicted molar refractivity (Wildman–Crippen MR) is 114 cm³/mol. The van der Waals surface area contributed by atoms with E-state index in [1.54, 1.807) is 35.1 Å². The molecule has 6 heteroatoms. The molecule has 0 atom stereocenters. The van der Waals surface area contributed by atoms with Crippen molar-refractivity contribution in [2.24, 2.45) is 0 Å². The van der Waals surface area contributed by atoms with E-state index in [4.69, 9.17) is 4.42 Å². The third-order valence-electron chi connectivity index (χ3n) is 4.81. The van der Waals surface area contributed by atoms with Gasteiger partial charge in [0.25, 0.3) is 5.91 Å². The molecule has 6 nitrogen and oxygen atoms in total. The number of amides is 1. The van der Waals surface area contributed by atoms with Gasteiger partial charge in [-0.05, 0) is 49.2 Å². The summed E-state index contributed by atoms with van der Waals surface area (Å²) in [5.41, 5.74) is 3.57. The first kappa shape index (κ1) is 19.4. The van der Waals surface area contributed by atoms with Crippen molar-refractivity contribution < 1.29 is 14.0 Å². The molecule has 0 bridgehead atoms. The fourth-order valence-corrected chi connectivity index (χ4v) is 3.13. The fraction of sp³-hybridized carbons (Fsp3) is 0.125. The minimum atomic E-state index is -0.255. The number of ketones is 1. The first-order chi connectivity index (χ1) is 14.6. The van der Waals surface area contributed by atoms with Crippen LogP contribution in [0.1, 0.15) is 33.4 Å². The molecule has 0 fully saturated rings. The Morgan fingerprint density at radius 2 is 1.77 bits per heavy atom. The number of carbonyl (C=O) groups is 2. The van der Waals surface area contributed by atoms with E-state index in [1.807, 2.05) is 48.7 Å². The third kappa shape index (κ3) is 4.38. The van der Waals surface area contributed by atoms with Crippen LogP contribution in [0.4, 0.5) is 0 Å². The third-order valence-corrected chi connectivity index (χ3v) is 4.81. The first-order valence-electron chi connectivity index (χ1n) is 9.68. The maximum Gasteiger partial charge on any atom is 0.287 e. The van der Waals surface area contributed by atoms with Gasteiger partial charge < -0.3 is 9.73 Å². The zero-order valence-electron chi connectivity index (χ0n) is 16.5. The van der Waals surface area contributed by atoms with Crippen LogP contribution < -0.4 is 5.32 Å². The van der Waals surface area contributed by atoms with Gasteiger partial charge in [0.2, 0.25) is 0 Å². The maximum absolute atomic E-state index is 12.4. The van der Waals surface area contributed by atoms with Crippen molar-refractivity contribution in [3.05, 3.63) is 96.0 Å². The molecule has 0 unspecified atom stereocenters. The van der Waals surface area contributed by atoms with Crippen molar-refractivity contribution in [1.29, 1.82) is 0 Å². The zero-order chi connectivity index (χ0) is 20.9. The Morgan fingerprint density at radius 1 is 1.00 bits per heavy atom. The van der Waals surface area contributed by atoms with Gasteiger partial charge in [0, 0.05) is 30.1 Å². The monoisotopic (exact) mass is 399 g/mol. The molecule has 0 aliphatic carbocycles. The smallest absolute Gasteiger partial charge is 0.287 e.